The number of hydrogen-bond donors (Lipinski definition) is 1. The fourth-order valence-electron chi connectivity index (χ4n) is 3.35. The molecule has 0 saturated carbocycles. The first-order valence-corrected chi connectivity index (χ1v) is 9.39. The summed E-state index contributed by atoms with van der Waals surface area (Å²) in [5.74, 6) is 0.869. The molecule has 0 aliphatic carbocycles. The van der Waals surface area contributed by atoms with Gasteiger partial charge in [0.15, 0.2) is 11.2 Å². The van der Waals surface area contributed by atoms with Crippen molar-refractivity contribution in [3.63, 3.8) is 0 Å². The van der Waals surface area contributed by atoms with Gasteiger partial charge in [-0.05, 0) is 37.1 Å². The van der Waals surface area contributed by atoms with Crippen molar-refractivity contribution in [3.05, 3.63) is 63.4 Å². The third-order valence-electron chi connectivity index (χ3n) is 4.72. The molecule has 1 aromatic carbocycles. The summed E-state index contributed by atoms with van der Waals surface area (Å²) in [6.07, 6.45) is 2.32. The van der Waals surface area contributed by atoms with E-state index in [9.17, 15) is 4.79 Å². The van der Waals surface area contributed by atoms with Crippen molar-refractivity contribution in [3.8, 4) is 17.1 Å². The second-order valence-corrected chi connectivity index (χ2v) is 7.00. The Morgan fingerprint density at radius 2 is 1.93 bits per heavy atom. The molecule has 0 bridgehead atoms. The minimum Gasteiger partial charge on any atom is -0.266 e. The van der Waals surface area contributed by atoms with Crippen molar-refractivity contribution >= 4 is 28.3 Å². The van der Waals surface area contributed by atoms with E-state index in [0.717, 1.165) is 16.8 Å². The monoisotopic (exact) mass is 406 g/mol. The Labute approximate surface area is 169 Å². The molecule has 0 saturated heterocycles. The highest BCUT2D eigenvalue weighted by Crippen LogP contribution is 2.29. The Balaban J connectivity index is 1.78. The van der Waals surface area contributed by atoms with Crippen LogP contribution in [-0.4, -0.2) is 39.6 Å². The molecule has 0 fully saturated rings. The van der Waals surface area contributed by atoms with Crippen LogP contribution in [0.25, 0.3) is 33.8 Å². The quantitative estimate of drug-likeness (QED) is 0.493. The maximum Gasteiger partial charge on any atom is 0.287 e. The number of hydrogen-bond acceptors (Lipinski definition) is 6. The van der Waals surface area contributed by atoms with Gasteiger partial charge in [0.05, 0.1) is 11.3 Å². The molecule has 4 aromatic heterocycles. The maximum atomic E-state index is 13.0. The molecule has 0 aliphatic heterocycles. The summed E-state index contributed by atoms with van der Waals surface area (Å²) in [5.41, 5.74) is 3.67. The molecule has 144 valence electrons. The smallest absolute Gasteiger partial charge is 0.266 e. The minimum absolute atomic E-state index is 0.190. The summed E-state index contributed by atoms with van der Waals surface area (Å²) in [6.45, 7) is 3.79. The lowest BCUT2D eigenvalue weighted by molar-refractivity contribution is 0.867. The van der Waals surface area contributed by atoms with Crippen LogP contribution >= 0.6 is 11.6 Å². The predicted octanol–water partition coefficient (Wildman–Crippen LogP) is 2.74. The minimum atomic E-state index is -0.363. The van der Waals surface area contributed by atoms with E-state index in [4.69, 9.17) is 16.7 Å². The second kappa shape index (κ2) is 6.49. The number of nitrogens with zero attached hydrogens (tertiary/aromatic N) is 7. The number of fused-ring (bicyclic) bond motifs is 3. The second-order valence-electron chi connectivity index (χ2n) is 6.56. The molecule has 1 N–H and O–H groups in total. The molecule has 0 radical (unpaired) electrons. The van der Waals surface area contributed by atoms with Crippen LogP contribution < -0.4 is 5.56 Å². The van der Waals surface area contributed by atoms with Crippen molar-refractivity contribution in [1.29, 1.82) is 0 Å². The van der Waals surface area contributed by atoms with E-state index in [1.54, 1.807) is 23.7 Å². The molecule has 0 amide bonds. The highest BCUT2D eigenvalue weighted by molar-refractivity contribution is 6.30. The summed E-state index contributed by atoms with van der Waals surface area (Å²) >= 11 is 6.03. The van der Waals surface area contributed by atoms with Crippen LogP contribution in [0, 0.1) is 6.92 Å². The largest absolute Gasteiger partial charge is 0.287 e. The fourth-order valence-corrected chi connectivity index (χ4v) is 3.47. The third kappa shape index (κ3) is 2.70. The van der Waals surface area contributed by atoms with Crippen LogP contribution in [0.1, 0.15) is 18.4 Å². The van der Waals surface area contributed by atoms with Crippen LogP contribution in [0.5, 0.6) is 0 Å². The number of H-pyrrole nitrogens is 1. The van der Waals surface area contributed by atoms with E-state index in [2.05, 4.69) is 25.4 Å². The molecule has 0 atom stereocenters. The van der Waals surface area contributed by atoms with Crippen molar-refractivity contribution in [1.82, 2.24) is 39.6 Å². The molecule has 5 aromatic rings. The molecular formula is C19H15ClN8O. The Morgan fingerprint density at radius 1 is 1.14 bits per heavy atom. The van der Waals surface area contributed by atoms with Gasteiger partial charge >= 0.3 is 0 Å². The Morgan fingerprint density at radius 3 is 2.62 bits per heavy atom. The number of rotatable bonds is 3. The van der Waals surface area contributed by atoms with E-state index in [-0.39, 0.29) is 17.0 Å². The molecule has 0 aliphatic rings. The molecule has 10 heteroatoms. The van der Waals surface area contributed by atoms with Gasteiger partial charge in [0.2, 0.25) is 0 Å². The third-order valence-corrected chi connectivity index (χ3v) is 4.97. The van der Waals surface area contributed by atoms with Gasteiger partial charge in [-0.15, -0.1) is 15.3 Å². The number of nitrogens with one attached hydrogen (secondary N) is 1. The zero-order valence-electron chi connectivity index (χ0n) is 15.6. The van der Waals surface area contributed by atoms with Gasteiger partial charge in [-0.1, -0.05) is 30.7 Å². The van der Waals surface area contributed by atoms with Gasteiger partial charge in [-0.2, -0.15) is 10.1 Å². The van der Waals surface area contributed by atoms with Crippen LogP contribution in [0.2, 0.25) is 5.02 Å². The molecule has 0 spiro atoms. The van der Waals surface area contributed by atoms with Crippen molar-refractivity contribution in [2.24, 2.45) is 0 Å². The zero-order chi connectivity index (χ0) is 20.1. The van der Waals surface area contributed by atoms with Gasteiger partial charge in [-0.3, -0.25) is 9.89 Å². The van der Waals surface area contributed by atoms with E-state index in [0.29, 0.717) is 28.4 Å². The van der Waals surface area contributed by atoms with E-state index < -0.39 is 0 Å². The summed E-state index contributed by atoms with van der Waals surface area (Å²) in [7, 11) is 0. The molecule has 29 heavy (non-hydrogen) atoms. The number of aromatic amines is 1. The molecule has 9 nitrogen and oxygen atoms in total. The number of pyridine rings is 1. The van der Waals surface area contributed by atoms with Crippen LogP contribution in [0.15, 0.2) is 41.3 Å². The number of benzene rings is 1. The van der Waals surface area contributed by atoms with Crippen LogP contribution in [-0.2, 0) is 6.42 Å². The lowest BCUT2D eigenvalue weighted by Crippen LogP contribution is -2.21. The average Bonchev–Trinajstić information content (AvgIpc) is 3.32. The SMILES string of the molecule is CCc1nn2c(nnc3c(=O)n(-c4n[nH]c(C)n4)ccc32)c1-c1ccc(Cl)cc1. The molecule has 4 heterocycles. The summed E-state index contributed by atoms with van der Waals surface area (Å²) < 4.78 is 3.00. The molecular weight excluding hydrogens is 392 g/mol. The van der Waals surface area contributed by atoms with Gasteiger partial charge in [0, 0.05) is 11.2 Å². The van der Waals surface area contributed by atoms with Crippen molar-refractivity contribution in [2.75, 3.05) is 0 Å². The fraction of sp³-hybridized carbons (Fsp3) is 0.158. The normalized spacial score (nSPS) is 11.6. The Kier molecular flexibility index (Phi) is 3.92. The zero-order valence-corrected chi connectivity index (χ0v) is 16.3. The van der Waals surface area contributed by atoms with Crippen molar-refractivity contribution in [2.45, 2.75) is 20.3 Å². The predicted molar refractivity (Wildman–Crippen MR) is 108 cm³/mol. The maximum absolute atomic E-state index is 13.0. The summed E-state index contributed by atoms with van der Waals surface area (Å²) in [6, 6.07) is 9.27. The number of halogens is 1. The highest BCUT2D eigenvalue weighted by atomic mass is 35.5. The van der Waals surface area contributed by atoms with Crippen molar-refractivity contribution < 1.29 is 0 Å². The van der Waals surface area contributed by atoms with Gasteiger partial charge in [0.25, 0.3) is 11.5 Å². The average molecular weight is 407 g/mol. The van der Waals surface area contributed by atoms with Crippen LogP contribution in [0.3, 0.4) is 0 Å². The van der Waals surface area contributed by atoms with Gasteiger partial charge in [-0.25, -0.2) is 9.08 Å². The van der Waals surface area contributed by atoms with Gasteiger partial charge < -0.3 is 0 Å². The highest BCUT2D eigenvalue weighted by Gasteiger charge is 2.19. The molecule has 0 unspecified atom stereocenters. The number of aryl methyl sites for hydroxylation is 2. The summed E-state index contributed by atoms with van der Waals surface area (Å²) in [4.78, 5) is 17.2. The first-order chi connectivity index (χ1) is 14.1. The Hall–Kier alpha value is -3.59. The lowest BCUT2D eigenvalue weighted by atomic mass is 10.0. The first-order valence-electron chi connectivity index (χ1n) is 9.02. The topological polar surface area (TPSA) is 107 Å². The van der Waals surface area contributed by atoms with E-state index in [1.807, 2.05) is 31.2 Å². The number of aromatic nitrogens is 8. The summed E-state index contributed by atoms with van der Waals surface area (Å²) in [5, 5.41) is 20.7. The lowest BCUT2D eigenvalue weighted by Gasteiger charge is -2.04. The first kappa shape index (κ1) is 17.5. The standard InChI is InChI=1S/C19H15ClN8O/c1-3-13-15(11-4-6-12(20)7-5-11)17-24-23-16-14(28(17)26-13)8-9-27(18(16)29)19-21-10(2)22-25-19/h4-9H,3H2,1-2H3,(H,21,22,25). The van der Waals surface area contributed by atoms with Crippen LogP contribution in [0.4, 0.5) is 0 Å². The molecule has 5 rings (SSSR count). The van der Waals surface area contributed by atoms with E-state index >= 15 is 0 Å². The Bertz CT molecular complexity index is 1430. The van der Waals surface area contributed by atoms with Gasteiger partial charge in [0.1, 0.15) is 11.3 Å². The van der Waals surface area contributed by atoms with E-state index in [1.165, 1.54) is 4.57 Å².